The van der Waals surface area contributed by atoms with Crippen LogP contribution in [0, 0.1) is 0 Å². The quantitative estimate of drug-likeness (QED) is 0.790. The van der Waals surface area contributed by atoms with Gasteiger partial charge in [0.2, 0.25) is 0 Å². The van der Waals surface area contributed by atoms with Gasteiger partial charge < -0.3 is 20.1 Å². The van der Waals surface area contributed by atoms with Crippen molar-refractivity contribution in [3.63, 3.8) is 0 Å². The Morgan fingerprint density at radius 2 is 1.62 bits per heavy atom. The summed E-state index contributed by atoms with van der Waals surface area (Å²) in [5.74, 6) is 1.32. The molecule has 0 aliphatic heterocycles. The summed E-state index contributed by atoms with van der Waals surface area (Å²) in [6.45, 7) is 0. The van der Waals surface area contributed by atoms with Gasteiger partial charge in [0.15, 0.2) is 16.6 Å². The van der Waals surface area contributed by atoms with Crippen molar-refractivity contribution in [3.8, 4) is 11.5 Å². The zero-order valence-corrected chi connectivity index (χ0v) is 14.0. The molecule has 0 saturated heterocycles. The second kappa shape index (κ2) is 7.28. The molecule has 2 N–H and O–H groups in total. The van der Waals surface area contributed by atoms with Gasteiger partial charge in [-0.3, -0.25) is 0 Å². The smallest absolute Gasteiger partial charge is 0.175 e. The highest BCUT2D eigenvalue weighted by Gasteiger charge is 2.06. The van der Waals surface area contributed by atoms with Crippen molar-refractivity contribution in [2.24, 2.45) is 0 Å². The number of thiocarbonyl (C=S) groups is 1. The van der Waals surface area contributed by atoms with Gasteiger partial charge in [-0.2, -0.15) is 0 Å². The summed E-state index contributed by atoms with van der Waals surface area (Å²) in [5.41, 5.74) is 1.72. The molecule has 0 aliphatic carbocycles. The first kappa shape index (κ1) is 15.6. The fourth-order valence-corrected chi connectivity index (χ4v) is 2.41. The number of nitrogens with one attached hydrogen (secondary N) is 2. The summed E-state index contributed by atoms with van der Waals surface area (Å²) < 4.78 is 11.4. The van der Waals surface area contributed by atoms with E-state index in [9.17, 15) is 0 Å². The van der Waals surface area contributed by atoms with Gasteiger partial charge in [-0.15, -0.1) is 0 Å². The van der Waals surface area contributed by atoms with Crippen LogP contribution in [0.2, 0.25) is 0 Å². The average molecular weight is 367 g/mol. The Morgan fingerprint density at radius 3 is 2.24 bits per heavy atom. The molecule has 0 radical (unpaired) electrons. The van der Waals surface area contributed by atoms with Crippen LogP contribution in [0.25, 0.3) is 0 Å². The normalized spacial score (nSPS) is 9.86. The first-order chi connectivity index (χ1) is 10.1. The maximum absolute atomic E-state index is 5.29. The minimum atomic E-state index is 0.500. The van der Waals surface area contributed by atoms with Crippen LogP contribution in [-0.2, 0) is 0 Å². The van der Waals surface area contributed by atoms with Crippen molar-refractivity contribution < 1.29 is 9.47 Å². The lowest BCUT2D eigenvalue weighted by Gasteiger charge is -2.13. The third-order valence-corrected chi connectivity index (χ3v) is 3.42. The Labute approximate surface area is 137 Å². The maximum Gasteiger partial charge on any atom is 0.175 e. The van der Waals surface area contributed by atoms with Crippen molar-refractivity contribution in [1.82, 2.24) is 0 Å². The molecule has 21 heavy (non-hydrogen) atoms. The van der Waals surface area contributed by atoms with E-state index < -0.39 is 0 Å². The Kier molecular flexibility index (Phi) is 5.41. The summed E-state index contributed by atoms with van der Waals surface area (Å²) in [4.78, 5) is 0. The van der Waals surface area contributed by atoms with Gasteiger partial charge >= 0.3 is 0 Å². The van der Waals surface area contributed by atoms with Gasteiger partial charge in [-0.1, -0.05) is 22.0 Å². The first-order valence-corrected chi connectivity index (χ1v) is 7.38. The number of benzene rings is 2. The summed E-state index contributed by atoms with van der Waals surface area (Å²) >= 11 is 8.71. The fraction of sp³-hybridized carbons (Fsp3) is 0.133. The lowest BCUT2D eigenvalue weighted by atomic mass is 10.3. The number of ether oxygens (including phenoxy) is 2. The maximum atomic E-state index is 5.29. The molecular weight excluding hydrogens is 352 g/mol. The van der Waals surface area contributed by atoms with Crippen LogP contribution in [0.15, 0.2) is 46.9 Å². The molecular formula is C15H15BrN2O2S. The monoisotopic (exact) mass is 366 g/mol. The van der Waals surface area contributed by atoms with Gasteiger partial charge in [0, 0.05) is 21.9 Å². The van der Waals surface area contributed by atoms with E-state index in [1.54, 1.807) is 14.2 Å². The van der Waals surface area contributed by atoms with Gasteiger partial charge in [0.1, 0.15) is 0 Å². The van der Waals surface area contributed by atoms with E-state index in [1.807, 2.05) is 42.5 Å². The third kappa shape index (κ3) is 4.34. The van der Waals surface area contributed by atoms with E-state index in [-0.39, 0.29) is 0 Å². The molecule has 0 bridgehead atoms. The molecule has 0 spiro atoms. The predicted molar refractivity (Wildman–Crippen MR) is 93.5 cm³/mol. The van der Waals surface area contributed by atoms with Crippen LogP contribution in [0.4, 0.5) is 11.4 Å². The minimum Gasteiger partial charge on any atom is -0.493 e. The Bertz CT molecular complexity index is 649. The molecule has 0 fully saturated rings. The van der Waals surface area contributed by atoms with E-state index >= 15 is 0 Å². The second-order valence-electron chi connectivity index (χ2n) is 4.16. The summed E-state index contributed by atoms with van der Waals surface area (Å²) in [6.07, 6.45) is 0. The van der Waals surface area contributed by atoms with Crippen LogP contribution >= 0.6 is 28.1 Å². The Balaban J connectivity index is 2.06. The highest BCUT2D eigenvalue weighted by atomic mass is 79.9. The van der Waals surface area contributed by atoms with Crippen LogP contribution < -0.4 is 20.1 Å². The van der Waals surface area contributed by atoms with Gasteiger partial charge in [-0.05, 0) is 42.5 Å². The SMILES string of the molecule is COc1ccc(NC(=S)Nc2cccc(Br)c2)cc1OC. The lowest BCUT2D eigenvalue weighted by Crippen LogP contribution is -2.19. The van der Waals surface area contributed by atoms with E-state index in [0.29, 0.717) is 16.6 Å². The van der Waals surface area contributed by atoms with Crippen LogP contribution in [0.5, 0.6) is 11.5 Å². The van der Waals surface area contributed by atoms with Crippen LogP contribution in [0.1, 0.15) is 0 Å². The molecule has 0 amide bonds. The fourth-order valence-electron chi connectivity index (χ4n) is 1.77. The van der Waals surface area contributed by atoms with E-state index in [4.69, 9.17) is 21.7 Å². The molecule has 2 aromatic carbocycles. The Morgan fingerprint density at radius 1 is 0.952 bits per heavy atom. The lowest BCUT2D eigenvalue weighted by molar-refractivity contribution is 0.355. The number of hydrogen-bond donors (Lipinski definition) is 2. The number of halogens is 1. The largest absolute Gasteiger partial charge is 0.493 e. The molecule has 0 atom stereocenters. The number of rotatable bonds is 4. The molecule has 0 heterocycles. The molecule has 2 aromatic rings. The number of hydrogen-bond acceptors (Lipinski definition) is 3. The zero-order chi connectivity index (χ0) is 15.2. The molecule has 0 unspecified atom stereocenters. The van der Waals surface area contributed by atoms with Crippen LogP contribution in [0.3, 0.4) is 0 Å². The van der Waals surface area contributed by atoms with Crippen molar-refractivity contribution in [1.29, 1.82) is 0 Å². The zero-order valence-electron chi connectivity index (χ0n) is 11.6. The summed E-state index contributed by atoms with van der Waals surface area (Å²) in [5, 5.41) is 6.72. The number of methoxy groups -OCH3 is 2. The highest BCUT2D eigenvalue weighted by Crippen LogP contribution is 2.29. The van der Waals surface area contributed by atoms with Crippen molar-refractivity contribution in [3.05, 3.63) is 46.9 Å². The standard InChI is InChI=1S/C15H15BrN2O2S/c1-19-13-7-6-12(9-14(13)20-2)18-15(21)17-11-5-3-4-10(16)8-11/h3-9H,1-2H3,(H2,17,18,21). The summed E-state index contributed by atoms with van der Waals surface area (Å²) in [7, 11) is 3.20. The molecule has 0 saturated carbocycles. The molecule has 110 valence electrons. The first-order valence-electron chi connectivity index (χ1n) is 6.18. The second-order valence-corrected chi connectivity index (χ2v) is 5.48. The molecule has 6 heteroatoms. The van der Waals surface area contributed by atoms with E-state index in [1.165, 1.54) is 0 Å². The van der Waals surface area contributed by atoms with Gasteiger partial charge in [0.25, 0.3) is 0 Å². The average Bonchev–Trinajstić information content (AvgIpc) is 2.47. The Hall–Kier alpha value is -1.79. The molecule has 0 aliphatic rings. The van der Waals surface area contributed by atoms with Gasteiger partial charge in [-0.25, -0.2) is 0 Å². The highest BCUT2D eigenvalue weighted by molar-refractivity contribution is 9.10. The van der Waals surface area contributed by atoms with Crippen molar-refractivity contribution >= 4 is 44.6 Å². The van der Waals surface area contributed by atoms with Crippen molar-refractivity contribution in [2.75, 3.05) is 24.9 Å². The topological polar surface area (TPSA) is 42.5 Å². The summed E-state index contributed by atoms with van der Waals surface area (Å²) in [6, 6.07) is 13.3. The van der Waals surface area contributed by atoms with Crippen LogP contribution in [-0.4, -0.2) is 19.3 Å². The molecule has 2 rings (SSSR count). The van der Waals surface area contributed by atoms with Gasteiger partial charge in [0.05, 0.1) is 14.2 Å². The molecule has 0 aromatic heterocycles. The number of anilines is 2. The predicted octanol–water partition coefficient (Wildman–Crippen LogP) is 4.28. The van der Waals surface area contributed by atoms with Crippen molar-refractivity contribution in [2.45, 2.75) is 0 Å². The molecule has 4 nitrogen and oxygen atoms in total. The van der Waals surface area contributed by atoms with E-state index in [0.717, 1.165) is 15.8 Å². The third-order valence-electron chi connectivity index (χ3n) is 2.72. The minimum absolute atomic E-state index is 0.500. The van der Waals surface area contributed by atoms with E-state index in [2.05, 4.69) is 26.6 Å².